The van der Waals surface area contributed by atoms with Crippen LogP contribution in [0.25, 0.3) is 0 Å². The van der Waals surface area contributed by atoms with Gasteiger partial charge in [-0.1, -0.05) is 47.5 Å². The molecule has 0 bridgehead atoms. The summed E-state index contributed by atoms with van der Waals surface area (Å²) in [4.78, 5) is 12.2. The highest BCUT2D eigenvalue weighted by molar-refractivity contribution is 7.89. The molecule has 0 heterocycles. The van der Waals surface area contributed by atoms with Gasteiger partial charge < -0.3 is 4.74 Å². The first kappa shape index (κ1) is 19.4. The molecular weight excluding hydrogens is 362 g/mol. The molecule has 2 aromatic rings. The molecule has 0 aliphatic rings. The Labute approximate surface area is 153 Å². The van der Waals surface area contributed by atoms with Gasteiger partial charge in [-0.15, -0.1) is 11.6 Å². The van der Waals surface area contributed by atoms with E-state index in [4.69, 9.17) is 16.3 Å². The van der Waals surface area contributed by atoms with E-state index in [0.29, 0.717) is 5.56 Å². The summed E-state index contributed by atoms with van der Waals surface area (Å²) >= 11 is 6.39. The molecule has 0 aliphatic heterocycles. The minimum absolute atomic E-state index is 0.0553. The van der Waals surface area contributed by atoms with Crippen molar-refractivity contribution in [3.05, 3.63) is 65.2 Å². The van der Waals surface area contributed by atoms with Crippen molar-refractivity contribution in [3.8, 4) is 0 Å². The molecule has 1 N–H and O–H groups in total. The molecule has 2 rings (SSSR count). The predicted molar refractivity (Wildman–Crippen MR) is 97.1 cm³/mol. The average molecular weight is 382 g/mol. The Kier molecular flexibility index (Phi) is 6.21. The van der Waals surface area contributed by atoms with Gasteiger partial charge in [0.1, 0.15) is 6.04 Å². The summed E-state index contributed by atoms with van der Waals surface area (Å²) in [6.45, 7) is 3.78. The molecule has 0 saturated heterocycles. The lowest BCUT2D eigenvalue weighted by atomic mass is 10.0. The molecule has 7 heteroatoms. The molecule has 2 atom stereocenters. The Morgan fingerprint density at radius 2 is 1.48 bits per heavy atom. The summed E-state index contributed by atoms with van der Waals surface area (Å²) in [6.07, 6.45) is 0. The molecule has 0 amide bonds. The van der Waals surface area contributed by atoms with Crippen LogP contribution >= 0.6 is 11.6 Å². The molecule has 0 radical (unpaired) electrons. The van der Waals surface area contributed by atoms with E-state index < -0.39 is 27.4 Å². The topological polar surface area (TPSA) is 72.5 Å². The maximum Gasteiger partial charge on any atom is 0.325 e. The maximum absolute atomic E-state index is 12.6. The van der Waals surface area contributed by atoms with E-state index in [1.54, 1.807) is 24.3 Å². The smallest absolute Gasteiger partial charge is 0.325 e. The normalized spacial score (nSPS) is 13.9. The van der Waals surface area contributed by atoms with Gasteiger partial charge >= 0.3 is 5.97 Å². The highest BCUT2D eigenvalue weighted by atomic mass is 35.5. The van der Waals surface area contributed by atoms with Crippen LogP contribution < -0.4 is 4.72 Å². The number of aryl methyl sites for hydroxylation is 2. The second-order valence-corrected chi connectivity index (χ2v) is 7.93. The number of hydrogen-bond acceptors (Lipinski definition) is 4. The van der Waals surface area contributed by atoms with Crippen molar-refractivity contribution in [2.45, 2.75) is 30.2 Å². The lowest BCUT2D eigenvalue weighted by Crippen LogP contribution is -2.44. The maximum atomic E-state index is 12.6. The molecule has 5 nitrogen and oxygen atoms in total. The molecule has 0 saturated carbocycles. The number of esters is 1. The van der Waals surface area contributed by atoms with Gasteiger partial charge in [0.25, 0.3) is 0 Å². The lowest BCUT2D eigenvalue weighted by molar-refractivity contribution is -0.142. The third-order valence-electron chi connectivity index (χ3n) is 3.76. The molecule has 2 aromatic carbocycles. The lowest BCUT2D eigenvalue weighted by Gasteiger charge is -2.22. The number of methoxy groups -OCH3 is 1. The molecule has 0 unspecified atom stereocenters. The number of carbonyl (C=O) groups excluding carboxylic acids is 1. The van der Waals surface area contributed by atoms with Crippen molar-refractivity contribution in [1.82, 2.24) is 4.72 Å². The van der Waals surface area contributed by atoms with Crippen LogP contribution in [0.5, 0.6) is 0 Å². The van der Waals surface area contributed by atoms with E-state index in [9.17, 15) is 13.2 Å². The molecule has 0 spiro atoms. The van der Waals surface area contributed by atoms with E-state index in [-0.39, 0.29) is 4.90 Å². The van der Waals surface area contributed by atoms with E-state index in [2.05, 4.69) is 4.72 Å². The second-order valence-electron chi connectivity index (χ2n) is 5.75. The van der Waals surface area contributed by atoms with Gasteiger partial charge in [0.15, 0.2) is 0 Å². The van der Waals surface area contributed by atoms with Crippen LogP contribution in [-0.4, -0.2) is 27.5 Å². The quantitative estimate of drug-likeness (QED) is 0.616. The highest BCUT2D eigenvalue weighted by Crippen LogP contribution is 2.27. The third kappa shape index (κ3) is 4.81. The van der Waals surface area contributed by atoms with Gasteiger partial charge in [0.2, 0.25) is 10.0 Å². The van der Waals surface area contributed by atoms with Crippen molar-refractivity contribution >= 4 is 27.6 Å². The summed E-state index contributed by atoms with van der Waals surface area (Å²) in [6, 6.07) is 12.2. The third-order valence-corrected chi connectivity index (χ3v) is 5.72. The summed E-state index contributed by atoms with van der Waals surface area (Å²) < 4.78 is 32.3. The van der Waals surface area contributed by atoms with Crippen LogP contribution in [0.4, 0.5) is 0 Å². The van der Waals surface area contributed by atoms with Crippen LogP contribution in [0.15, 0.2) is 53.4 Å². The second kappa shape index (κ2) is 7.99. The van der Waals surface area contributed by atoms with E-state index >= 15 is 0 Å². The minimum atomic E-state index is -3.93. The van der Waals surface area contributed by atoms with Crippen molar-refractivity contribution in [2.75, 3.05) is 7.11 Å². The standard InChI is InChI=1S/C18H20ClNO4S/c1-12-4-8-14(9-5-12)16(19)17(18(21)24-3)20-25(22,23)15-10-6-13(2)7-11-15/h4-11,16-17,20H,1-3H3/t16-,17-/m1/s1. The fraction of sp³-hybridized carbons (Fsp3) is 0.278. The molecule has 0 aromatic heterocycles. The number of ether oxygens (including phenoxy) is 1. The number of carbonyl (C=O) groups is 1. The number of sulfonamides is 1. The van der Waals surface area contributed by atoms with E-state index in [1.807, 2.05) is 26.0 Å². The largest absolute Gasteiger partial charge is 0.468 e. The Hall–Kier alpha value is -1.89. The van der Waals surface area contributed by atoms with Crippen molar-refractivity contribution in [2.24, 2.45) is 0 Å². The zero-order chi connectivity index (χ0) is 18.6. The number of benzene rings is 2. The van der Waals surface area contributed by atoms with Crippen molar-refractivity contribution in [1.29, 1.82) is 0 Å². The summed E-state index contributed by atoms with van der Waals surface area (Å²) in [7, 11) is -2.74. The zero-order valence-corrected chi connectivity index (χ0v) is 15.8. The Morgan fingerprint density at radius 1 is 1.00 bits per heavy atom. The molecule has 0 aliphatic carbocycles. The molecular formula is C18H20ClNO4S. The van der Waals surface area contributed by atoms with E-state index in [1.165, 1.54) is 19.2 Å². The van der Waals surface area contributed by atoms with Crippen LogP contribution in [-0.2, 0) is 19.6 Å². The molecule has 0 fully saturated rings. The van der Waals surface area contributed by atoms with Gasteiger partial charge in [-0.3, -0.25) is 4.79 Å². The summed E-state index contributed by atoms with van der Waals surface area (Å²) in [5.41, 5.74) is 2.58. The summed E-state index contributed by atoms with van der Waals surface area (Å²) in [5, 5.41) is -0.909. The number of hydrogen-bond donors (Lipinski definition) is 1. The molecule has 25 heavy (non-hydrogen) atoms. The van der Waals surface area contributed by atoms with Gasteiger partial charge in [-0.25, -0.2) is 8.42 Å². The first-order valence-corrected chi connectivity index (χ1v) is 9.54. The van der Waals surface area contributed by atoms with Crippen LogP contribution in [0.3, 0.4) is 0 Å². The highest BCUT2D eigenvalue weighted by Gasteiger charge is 2.33. The minimum Gasteiger partial charge on any atom is -0.468 e. The zero-order valence-electron chi connectivity index (χ0n) is 14.2. The number of alkyl halides is 1. The SMILES string of the molecule is COC(=O)[C@H](NS(=O)(=O)c1ccc(C)cc1)[C@H](Cl)c1ccc(C)cc1. The van der Waals surface area contributed by atoms with Gasteiger partial charge in [0.05, 0.1) is 17.4 Å². The van der Waals surface area contributed by atoms with Gasteiger partial charge in [-0.2, -0.15) is 4.72 Å². The molecule has 134 valence electrons. The Morgan fingerprint density at radius 3 is 1.96 bits per heavy atom. The average Bonchev–Trinajstić information content (AvgIpc) is 2.59. The number of halogens is 1. The number of nitrogens with one attached hydrogen (secondary N) is 1. The first-order valence-electron chi connectivity index (χ1n) is 7.62. The van der Waals surface area contributed by atoms with E-state index in [0.717, 1.165) is 11.1 Å². The fourth-order valence-electron chi connectivity index (χ4n) is 2.25. The van der Waals surface area contributed by atoms with Crippen LogP contribution in [0, 0.1) is 13.8 Å². The number of rotatable bonds is 6. The monoisotopic (exact) mass is 381 g/mol. The predicted octanol–water partition coefficient (Wildman–Crippen LogP) is 3.10. The van der Waals surface area contributed by atoms with Crippen molar-refractivity contribution < 1.29 is 17.9 Å². The van der Waals surface area contributed by atoms with Crippen LogP contribution in [0.1, 0.15) is 22.1 Å². The fourth-order valence-corrected chi connectivity index (χ4v) is 3.83. The van der Waals surface area contributed by atoms with Gasteiger partial charge in [0, 0.05) is 0 Å². The Balaban J connectivity index is 2.32. The van der Waals surface area contributed by atoms with Crippen LogP contribution in [0.2, 0.25) is 0 Å². The van der Waals surface area contributed by atoms with Gasteiger partial charge in [-0.05, 0) is 31.5 Å². The Bertz CT molecular complexity index is 832. The summed E-state index contributed by atoms with van der Waals surface area (Å²) in [5.74, 6) is -0.753. The van der Waals surface area contributed by atoms with Crippen molar-refractivity contribution in [3.63, 3.8) is 0 Å². The first-order chi connectivity index (χ1) is 11.7.